The van der Waals surface area contributed by atoms with Gasteiger partial charge in [-0.1, -0.05) is 372 Å². The summed E-state index contributed by atoms with van der Waals surface area (Å²) in [7, 11) is 1.26. The van der Waals surface area contributed by atoms with Gasteiger partial charge in [-0.25, -0.2) is 0 Å². The number of hydrogen-bond donors (Lipinski definition) is 2. The van der Waals surface area contributed by atoms with Crippen LogP contribution in [0.15, 0.2) is 24.3 Å². The summed E-state index contributed by atoms with van der Waals surface area (Å²) in [6.45, 7) is 4.70. The number of carbonyl (C=O) groups is 1. The number of amides is 1. The monoisotopic (exact) mass is 1180 g/mol. The zero-order valence-corrected chi connectivity index (χ0v) is 56.9. The van der Waals surface area contributed by atoms with Gasteiger partial charge in [0.15, 0.2) is 0 Å². The van der Waals surface area contributed by atoms with Crippen LogP contribution in [0.3, 0.4) is 0 Å². The van der Waals surface area contributed by atoms with Gasteiger partial charge in [0.05, 0.1) is 39.9 Å². The maximum atomic E-state index is 13.0. The van der Waals surface area contributed by atoms with Crippen molar-refractivity contribution < 1.29 is 32.9 Å². The van der Waals surface area contributed by atoms with E-state index in [1.165, 1.54) is 327 Å². The molecule has 0 aromatic carbocycles. The first-order chi connectivity index (χ1) is 40.0. The number of nitrogens with one attached hydrogen (secondary N) is 1. The molecule has 0 aliphatic carbocycles. The Morgan fingerprint density at radius 1 is 0.415 bits per heavy atom. The number of quaternary nitrogens is 1. The van der Waals surface area contributed by atoms with Gasteiger partial charge < -0.3 is 28.8 Å². The van der Waals surface area contributed by atoms with Crippen LogP contribution in [0.2, 0.25) is 0 Å². The molecule has 9 heteroatoms. The number of likely N-dealkylation sites (N-methyl/N-ethyl adjacent to an activating group) is 1. The van der Waals surface area contributed by atoms with E-state index in [1.54, 1.807) is 6.08 Å². The first kappa shape index (κ1) is 81.0. The smallest absolute Gasteiger partial charge is 0.268 e. The third kappa shape index (κ3) is 66.5. The topological polar surface area (TPSA) is 108 Å². The van der Waals surface area contributed by atoms with Crippen molar-refractivity contribution in [1.29, 1.82) is 0 Å². The molecular weight excluding hydrogens is 1030 g/mol. The first-order valence-corrected chi connectivity index (χ1v) is 38.2. The summed E-state index contributed by atoms with van der Waals surface area (Å²) in [5, 5.41) is 14.0. The van der Waals surface area contributed by atoms with Crippen molar-refractivity contribution in [1.82, 2.24) is 5.32 Å². The highest BCUT2D eigenvalue weighted by Gasteiger charge is 2.23. The second kappa shape index (κ2) is 64.5. The number of hydrogen-bond acceptors (Lipinski definition) is 6. The van der Waals surface area contributed by atoms with Crippen LogP contribution in [0.25, 0.3) is 0 Å². The lowest BCUT2D eigenvalue weighted by atomic mass is 10.0. The van der Waals surface area contributed by atoms with Gasteiger partial charge >= 0.3 is 0 Å². The van der Waals surface area contributed by atoms with Gasteiger partial charge in [0.1, 0.15) is 13.2 Å². The fraction of sp³-hybridized carbons (Fsp3) is 0.932. The standard InChI is InChI=1S/C73H145N2O6P/c1-6-8-10-12-14-16-18-20-22-24-26-28-30-32-34-35-36-37-38-39-40-41-43-45-47-49-51-53-55-57-59-61-63-65-67-73(77)74-71(70-81-82(78,79)80-69-68-75(3,4)5)72(76)66-64-62-60-58-56-54-52-50-48-46-44-42-33-31-29-27-25-23-21-19-17-15-13-11-9-7-2/h56,58,64,66,71-72,76H,6-55,57,59-63,65,67-70H2,1-5H3,(H-,74,77,78,79)/b58-56+,66-64+. The van der Waals surface area contributed by atoms with Gasteiger partial charge in [-0.05, 0) is 32.1 Å². The largest absolute Gasteiger partial charge is 0.756 e. The molecule has 0 fully saturated rings. The van der Waals surface area contributed by atoms with Gasteiger partial charge in [-0.15, -0.1) is 0 Å². The van der Waals surface area contributed by atoms with E-state index >= 15 is 0 Å². The molecule has 0 aromatic heterocycles. The predicted octanol–water partition coefficient (Wildman–Crippen LogP) is 22.8. The maximum Gasteiger partial charge on any atom is 0.268 e. The third-order valence-corrected chi connectivity index (χ3v) is 18.1. The second-order valence-electron chi connectivity index (χ2n) is 26.7. The van der Waals surface area contributed by atoms with Crippen LogP contribution in [0.1, 0.15) is 386 Å². The van der Waals surface area contributed by atoms with Crippen molar-refractivity contribution in [3.05, 3.63) is 24.3 Å². The van der Waals surface area contributed by atoms with Crippen molar-refractivity contribution >= 4 is 13.7 Å². The van der Waals surface area contributed by atoms with Gasteiger partial charge in [-0.2, -0.15) is 0 Å². The van der Waals surface area contributed by atoms with E-state index < -0.39 is 20.0 Å². The molecule has 1 amide bonds. The van der Waals surface area contributed by atoms with Crippen molar-refractivity contribution in [2.24, 2.45) is 0 Å². The number of unbranched alkanes of at least 4 members (excludes halogenated alkanes) is 54. The number of rotatable bonds is 69. The SMILES string of the molecule is CCCCCCCCCCCCCCCCCCCCCC/C=C/CC/C=C/C(O)C(COP(=O)([O-])OCC[N+](C)(C)C)NC(=O)CCCCCCCCCCCCCCCCCCCCCCCCCCCCCCCCCCCC. The van der Waals surface area contributed by atoms with Crippen LogP contribution in [-0.4, -0.2) is 68.5 Å². The van der Waals surface area contributed by atoms with E-state index in [2.05, 4.69) is 31.3 Å². The highest BCUT2D eigenvalue weighted by Crippen LogP contribution is 2.38. The zero-order valence-electron chi connectivity index (χ0n) is 56.0. The van der Waals surface area contributed by atoms with Crippen molar-refractivity contribution in [2.75, 3.05) is 40.9 Å². The molecular formula is C73H145N2O6P. The Bertz CT molecular complexity index is 1390. The molecule has 0 radical (unpaired) electrons. The molecule has 2 N–H and O–H groups in total. The number of carbonyl (C=O) groups excluding carboxylic acids is 1. The number of phosphoric acid groups is 1. The summed E-state index contributed by atoms with van der Waals surface area (Å²) in [6, 6.07) is -0.902. The number of allylic oxidation sites excluding steroid dienone is 3. The van der Waals surface area contributed by atoms with Crippen molar-refractivity contribution in [3.8, 4) is 0 Å². The van der Waals surface area contributed by atoms with Gasteiger partial charge in [0.25, 0.3) is 7.82 Å². The summed E-state index contributed by atoms with van der Waals surface area (Å²) in [6.07, 6.45) is 84.7. The van der Waals surface area contributed by atoms with Crippen LogP contribution in [0.5, 0.6) is 0 Å². The van der Waals surface area contributed by atoms with E-state index in [9.17, 15) is 19.4 Å². The molecule has 0 bridgehead atoms. The normalized spacial score (nSPS) is 13.7. The summed E-state index contributed by atoms with van der Waals surface area (Å²) < 4.78 is 23.5. The average molecular weight is 1180 g/mol. The van der Waals surface area contributed by atoms with Crippen LogP contribution in [-0.2, 0) is 18.4 Å². The van der Waals surface area contributed by atoms with E-state index in [-0.39, 0.29) is 19.1 Å². The molecule has 8 nitrogen and oxygen atoms in total. The van der Waals surface area contributed by atoms with Crippen LogP contribution in [0, 0.1) is 0 Å². The number of aliphatic hydroxyl groups excluding tert-OH is 1. The Morgan fingerprint density at radius 3 is 0.988 bits per heavy atom. The molecule has 0 aliphatic heterocycles. The molecule has 3 atom stereocenters. The fourth-order valence-corrected chi connectivity index (χ4v) is 12.2. The number of nitrogens with zero attached hydrogens (tertiary/aromatic N) is 1. The van der Waals surface area contributed by atoms with Crippen molar-refractivity contribution in [3.63, 3.8) is 0 Å². The lowest BCUT2D eigenvalue weighted by molar-refractivity contribution is -0.870. The number of aliphatic hydroxyl groups is 1. The third-order valence-electron chi connectivity index (χ3n) is 17.2. The average Bonchev–Trinajstić information content (AvgIpc) is 3.45. The summed E-state index contributed by atoms with van der Waals surface area (Å²) in [5.74, 6) is -0.198. The Balaban J connectivity index is 4.01. The minimum absolute atomic E-state index is 0.00337. The van der Waals surface area contributed by atoms with E-state index in [1.807, 2.05) is 27.2 Å². The summed E-state index contributed by atoms with van der Waals surface area (Å²) >= 11 is 0. The molecule has 0 aromatic rings. The summed E-state index contributed by atoms with van der Waals surface area (Å²) in [4.78, 5) is 25.6. The molecule has 3 unspecified atom stereocenters. The first-order valence-electron chi connectivity index (χ1n) is 36.7. The maximum absolute atomic E-state index is 13.0. The molecule has 488 valence electrons. The minimum Gasteiger partial charge on any atom is -0.756 e. The van der Waals surface area contributed by atoms with Crippen LogP contribution in [0.4, 0.5) is 0 Å². The molecule has 0 heterocycles. The fourth-order valence-electron chi connectivity index (χ4n) is 11.5. The highest BCUT2D eigenvalue weighted by atomic mass is 31.2. The predicted molar refractivity (Wildman–Crippen MR) is 358 cm³/mol. The quantitative estimate of drug-likeness (QED) is 0.0272. The second-order valence-corrected chi connectivity index (χ2v) is 28.1. The van der Waals surface area contributed by atoms with E-state index in [0.29, 0.717) is 17.4 Å². The molecule has 0 saturated heterocycles. The van der Waals surface area contributed by atoms with Crippen LogP contribution < -0.4 is 10.2 Å². The van der Waals surface area contributed by atoms with E-state index in [4.69, 9.17) is 9.05 Å². The van der Waals surface area contributed by atoms with Gasteiger partial charge in [0, 0.05) is 6.42 Å². The summed E-state index contributed by atoms with van der Waals surface area (Å²) in [5.41, 5.74) is 0. The lowest BCUT2D eigenvalue weighted by Crippen LogP contribution is -2.45. The molecule has 82 heavy (non-hydrogen) atoms. The molecule has 0 rings (SSSR count). The van der Waals surface area contributed by atoms with E-state index in [0.717, 1.165) is 38.5 Å². The highest BCUT2D eigenvalue weighted by molar-refractivity contribution is 7.45. The molecule has 0 aliphatic rings. The Morgan fingerprint density at radius 2 is 0.683 bits per heavy atom. The molecule has 0 saturated carbocycles. The Kier molecular flexibility index (Phi) is 63.7. The molecule has 0 spiro atoms. The minimum atomic E-state index is -4.61. The number of phosphoric ester groups is 1. The lowest BCUT2D eigenvalue weighted by Gasteiger charge is -2.29. The Hall–Kier alpha value is -1.02. The zero-order chi connectivity index (χ0) is 59.8. The van der Waals surface area contributed by atoms with Crippen molar-refractivity contribution in [2.45, 2.75) is 398 Å². The van der Waals surface area contributed by atoms with Gasteiger partial charge in [-0.3, -0.25) is 9.36 Å². The Labute approximate surface area is 513 Å². The van der Waals surface area contributed by atoms with Crippen LogP contribution >= 0.6 is 7.82 Å². The van der Waals surface area contributed by atoms with Gasteiger partial charge in [0.2, 0.25) is 5.91 Å².